The Bertz CT molecular complexity index is 662. The number of aliphatic hydroxyl groups excluding tert-OH is 1. The lowest BCUT2D eigenvalue weighted by atomic mass is 10.0. The molecule has 3 rings (SSSR count). The molecule has 0 saturated carbocycles. The first-order valence-electron chi connectivity index (χ1n) is 7.69. The van der Waals surface area contributed by atoms with E-state index in [0.29, 0.717) is 5.02 Å². The summed E-state index contributed by atoms with van der Waals surface area (Å²) in [7, 11) is 1.66. The van der Waals surface area contributed by atoms with Gasteiger partial charge in [-0.1, -0.05) is 11.6 Å². The number of pyridine rings is 1. The molecular weight excluding hydrogens is 300 g/mol. The van der Waals surface area contributed by atoms with E-state index in [4.69, 9.17) is 16.3 Å². The molecule has 4 nitrogen and oxygen atoms in total. The maximum atomic E-state index is 9.78. The highest BCUT2D eigenvalue weighted by Crippen LogP contribution is 2.28. The highest BCUT2D eigenvalue weighted by atomic mass is 35.5. The van der Waals surface area contributed by atoms with Crippen molar-refractivity contribution in [2.24, 2.45) is 0 Å². The second kappa shape index (κ2) is 6.82. The largest absolute Gasteiger partial charge is 0.497 e. The first kappa shape index (κ1) is 15.5. The standard InChI is InChI=1S/C17H21ClN2O2/c1-22-13-4-5-17-15(9-13)14(16(18)10-19-17)6-8-20-7-2-3-12(21)11-20/h4-5,9-10,12,21H,2-3,6-8,11H2,1H3. The molecule has 1 aliphatic heterocycles. The van der Waals surface area contributed by atoms with Gasteiger partial charge in [-0.15, -0.1) is 0 Å². The van der Waals surface area contributed by atoms with Crippen molar-refractivity contribution in [1.29, 1.82) is 0 Å². The summed E-state index contributed by atoms with van der Waals surface area (Å²) in [5, 5.41) is 11.5. The molecule has 0 amide bonds. The number of halogens is 1. The van der Waals surface area contributed by atoms with Gasteiger partial charge in [0.15, 0.2) is 0 Å². The molecule has 0 radical (unpaired) electrons. The van der Waals surface area contributed by atoms with Crippen LogP contribution in [0.3, 0.4) is 0 Å². The van der Waals surface area contributed by atoms with Crippen LogP contribution in [0.25, 0.3) is 10.9 Å². The minimum absolute atomic E-state index is 0.196. The lowest BCUT2D eigenvalue weighted by Gasteiger charge is -2.30. The van der Waals surface area contributed by atoms with E-state index in [0.717, 1.165) is 61.1 Å². The van der Waals surface area contributed by atoms with Gasteiger partial charge >= 0.3 is 0 Å². The number of β-amino-alcohol motifs (C(OH)–C–C–N with tert-alkyl or cyclic N) is 1. The van der Waals surface area contributed by atoms with Crippen LogP contribution in [-0.2, 0) is 6.42 Å². The molecule has 0 aliphatic carbocycles. The van der Waals surface area contributed by atoms with Crippen LogP contribution in [0.15, 0.2) is 24.4 Å². The molecule has 22 heavy (non-hydrogen) atoms. The molecular formula is C17H21ClN2O2. The van der Waals surface area contributed by atoms with E-state index in [1.54, 1.807) is 13.3 Å². The Kier molecular flexibility index (Phi) is 4.81. The van der Waals surface area contributed by atoms with Gasteiger partial charge in [0.05, 0.1) is 23.8 Å². The molecule has 1 saturated heterocycles. The fourth-order valence-electron chi connectivity index (χ4n) is 3.09. The number of nitrogens with zero attached hydrogens (tertiary/aromatic N) is 2. The van der Waals surface area contributed by atoms with E-state index in [1.165, 1.54) is 0 Å². The topological polar surface area (TPSA) is 45.6 Å². The number of methoxy groups -OCH3 is 1. The van der Waals surface area contributed by atoms with Crippen LogP contribution in [0.1, 0.15) is 18.4 Å². The fourth-order valence-corrected chi connectivity index (χ4v) is 3.33. The molecule has 0 bridgehead atoms. The van der Waals surface area contributed by atoms with E-state index < -0.39 is 0 Å². The molecule has 118 valence electrons. The summed E-state index contributed by atoms with van der Waals surface area (Å²) in [5.41, 5.74) is 2.03. The van der Waals surface area contributed by atoms with Crippen molar-refractivity contribution < 1.29 is 9.84 Å². The van der Waals surface area contributed by atoms with Gasteiger partial charge in [0, 0.05) is 24.7 Å². The fraction of sp³-hybridized carbons (Fsp3) is 0.471. The van der Waals surface area contributed by atoms with Crippen LogP contribution < -0.4 is 4.74 Å². The van der Waals surface area contributed by atoms with Crippen molar-refractivity contribution >= 4 is 22.5 Å². The summed E-state index contributed by atoms with van der Waals surface area (Å²) in [4.78, 5) is 6.69. The summed E-state index contributed by atoms with van der Waals surface area (Å²) in [6.07, 6.45) is 4.33. The zero-order valence-corrected chi connectivity index (χ0v) is 13.5. The predicted molar refractivity (Wildman–Crippen MR) is 88.7 cm³/mol. The molecule has 1 aromatic heterocycles. The summed E-state index contributed by atoms with van der Waals surface area (Å²) in [5.74, 6) is 0.811. The predicted octanol–water partition coefficient (Wildman–Crippen LogP) is 2.90. The summed E-state index contributed by atoms with van der Waals surface area (Å²) >= 11 is 6.37. The number of fused-ring (bicyclic) bond motifs is 1. The maximum absolute atomic E-state index is 9.78. The second-order valence-corrected chi connectivity index (χ2v) is 6.22. The Labute approximate surface area is 135 Å². The molecule has 1 fully saturated rings. The number of hydrogen-bond acceptors (Lipinski definition) is 4. The second-order valence-electron chi connectivity index (χ2n) is 5.81. The lowest BCUT2D eigenvalue weighted by Crippen LogP contribution is -2.39. The number of aromatic nitrogens is 1. The van der Waals surface area contributed by atoms with Crippen LogP contribution >= 0.6 is 11.6 Å². The Balaban J connectivity index is 1.83. The molecule has 0 spiro atoms. The molecule has 1 unspecified atom stereocenters. The van der Waals surface area contributed by atoms with Crippen LogP contribution in [-0.4, -0.2) is 47.8 Å². The Morgan fingerprint density at radius 3 is 3.09 bits per heavy atom. The Morgan fingerprint density at radius 2 is 2.32 bits per heavy atom. The van der Waals surface area contributed by atoms with Gasteiger partial charge in [-0.25, -0.2) is 0 Å². The third kappa shape index (κ3) is 3.35. The number of ether oxygens (including phenoxy) is 1. The first-order chi connectivity index (χ1) is 10.7. The molecule has 1 N–H and O–H groups in total. The monoisotopic (exact) mass is 320 g/mol. The third-order valence-corrected chi connectivity index (χ3v) is 4.62. The van der Waals surface area contributed by atoms with E-state index in [9.17, 15) is 5.11 Å². The third-order valence-electron chi connectivity index (χ3n) is 4.29. The van der Waals surface area contributed by atoms with Crippen LogP contribution in [0.5, 0.6) is 5.75 Å². The smallest absolute Gasteiger partial charge is 0.119 e. The highest BCUT2D eigenvalue weighted by Gasteiger charge is 2.18. The van der Waals surface area contributed by atoms with Crippen LogP contribution in [0, 0.1) is 0 Å². The number of aliphatic hydroxyl groups is 1. The normalized spacial score (nSPS) is 19.5. The molecule has 1 aromatic carbocycles. The maximum Gasteiger partial charge on any atom is 0.119 e. The SMILES string of the molecule is COc1ccc2ncc(Cl)c(CCN3CCCC(O)C3)c2c1. The highest BCUT2D eigenvalue weighted by molar-refractivity contribution is 6.32. The summed E-state index contributed by atoms with van der Waals surface area (Å²) in [6.45, 7) is 2.69. The Hall–Kier alpha value is -1.36. The number of rotatable bonds is 4. The minimum atomic E-state index is -0.196. The van der Waals surface area contributed by atoms with Gasteiger partial charge in [0.25, 0.3) is 0 Å². The van der Waals surface area contributed by atoms with Crippen molar-refractivity contribution in [2.45, 2.75) is 25.4 Å². The van der Waals surface area contributed by atoms with Gasteiger partial charge in [-0.3, -0.25) is 4.98 Å². The van der Waals surface area contributed by atoms with E-state index in [-0.39, 0.29) is 6.10 Å². The average Bonchev–Trinajstić information content (AvgIpc) is 2.53. The van der Waals surface area contributed by atoms with E-state index in [2.05, 4.69) is 9.88 Å². The molecule has 5 heteroatoms. The zero-order valence-electron chi connectivity index (χ0n) is 12.8. The quantitative estimate of drug-likeness (QED) is 0.941. The molecule has 2 heterocycles. The van der Waals surface area contributed by atoms with Gasteiger partial charge in [0.1, 0.15) is 5.75 Å². The molecule has 1 atom stereocenters. The van der Waals surface area contributed by atoms with Gasteiger partial charge in [-0.2, -0.15) is 0 Å². The Morgan fingerprint density at radius 1 is 1.45 bits per heavy atom. The van der Waals surface area contributed by atoms with E-state index >= 15 is 0 Å². The van der Waals surface area contributed by atoms with Crippen molar-refractivity contribution in [3.8, 4) is 5.75 Å². The minimum Gasteiger partial charge on any atom is -0.497 e. The average molecular weight is 321 g/mol. The number of hydrogen-bond donors (Lipinski definition) is 1. The number of benzene rings is 1. The van der Waals surface area contributed by atoms with E-state index in [1.807, 2.05) is 18.2 Å². The lowest BCUT2D eigenvalue weighted by molar-refractivity contribution is 0.0714. The number of likely N-dealkylation sites (tertiary alicyclic amines) is 1. The zero-order chi connectivity index (χ0) is 15.5. The van der Waals surface area contributed by atoms with Crippen LogP contribution in [0.2, 0.25) is 5.02 Å². The summed E-state index contributed by atoms with van der Waals surface area (Å²) < 4.78 is 5.31. The number of piperidine rings is 1. The van der Waals surface area contributed by atoms with Crippen molar-refractivity contribution in [1.82, 2.24) is 9.88 Å². The van der Waals surface area contributed by atoms with Crippen LogP contribution in [0.4, 0.5) is 0 Å². The first-order valence-corrected chi connectivity index (χ1v) is 8.06. The molecule has 1 aliphatic rings. The van der Waals surface area contributed by atoms with Gasteiger partial charge in [0.2, 0.25) is 0 Å². The molecule has 2 aromatic rings. The van der Waals surface area contributed by atoms with Gasteiger partial charge in [-0.05, 0) is 49.6 Å². The van der Waals surface area contributed by atoms with Crippen molar-refractivity contribution in [3.63, 3.8) is 0 Å². The summed E-state index contributed by atoms with van der Waals surface area (Å²) in [6, 6.07) is 5.86. The van der Waals surface area contributed by atoms with Gasteiger partial charge < -0.3 is 14.7 Å². The van der Waals surface area contributed by atoms with Crippen molar-refractivity contribution in [2.75, 3.05) is 26.7 Å². The van der Waals surface area contributed by atoms with Crippen molar-refractivity contribution in [3.05, 3.63) is 35.0 Å².